The molecule has 0 aromatic carbocycles. The average molecular weight is 199 g/mol. The van der Waals surface area contributed by atoms with Gasteiger partial charge in [-0.2, -0.15) is 0 Å². The maximum atomic E-state index is 10.2. The second kappa shape index (κ2) is 2.74. The van der Waals surface area contributed by atoms with E-state index in [9.17, 15) is 4.91 Å². The normalized spacial score (nSPS) is 9.80. The molecule has 0 atom stereocenters. The molecule has 1 heterocycles. The number of hydrogen-bond acceptors (Lipinski definition) is 2. The van der Waals surface area contributed by atoms with Crippen molar-refractivity contribution in [2.24, 2.45) is 0 Å². The molecule has 0 aliphatic rings. The minimum absolute atomic E-state index is 0.0170. The summed E-state index contributed by atoms with van der Waals surface area (Å²) in [5, 5.41) is 8.36. The van der Waals surface area contributed by atoms with Crippen LogP contribution >= 0.6 is 34.5 Å². The first-order chi connectivity index (χ1) is 4.61. The van der Waals surface area contributed by atoms with E-state index in [1.165, 1.54) is 6.07 Å². The van der Waals surface area contributed by atoms with Gasteiger partial charge in [-0.25, -0.2) is 5.21 Å². The summed E-state index contributed by atoms with van der Waals surface area (Å²) in [6.45, 7) is 0. The molecule has 0 unspecified atom stereocenters. The standard InChI is InChI=1S/C4H2Cl2NO2S/c5-3-1-2(7(8)9)4(6)10-3/h1H,(H,8,9)/q+1. The van der Waals surface area contributed by atoms with Crippen molar-refractivity contribution in [1.82, 2.24) is 0 Å². The Bertz CT molecular complexity index is 272. The van der Waals surface area contributed by atoms with Crippen LogP contribution in [0.1, 0.15) is 0 Å². The van der Waals surface area contributed by atoms with Crippen molar-refractivity contribution >= 4 is 40.2 Å². The van der Waals surface area contributed by atoms with Gasteiger partial charge in [0.05, 0.1) is 11.0 Å². The summed E-state index contributed by atoms with van der Waals surface area (Å²) < 4.78 is 0.553. The van der Waals surface area contributed by atoms with Gasteiger partial charge in [0, 0.05) is 0 Å². The summed E-state index contributed by atoms with van der Waals surface area (Å²) in [4.78, 5) is 9.90. The molecule has 0 fully saturated rings. The van der Waals surface area contributed by atoms with Crippen LogP contribution in [0.2, 0.25) is 8.67 Å². The first-order valence-electron chi connectivity index (χ1n) is 2.22. The number of rotatable bonds is 1. The quantitative estimate of drug-likeness (QED) is 0.706. The molecule has 0 spiro atoms. The maximum absolute atomic E-state index is 10.2. The molecule has 0 saturated heterocycles. The minimum Gasteiger partial charge on any atom is -0.241 e. The van der Waals surface area contributed by atoms with E-state index in [0.29, 0.717) is 4.34 Å². The molecule has 0 radical (unpaired) electrons. The fourth-order valence-corrected chi connectivity index (χ4v) is 1.87. The zero-order valence-electron chi connectivity index (χ0n) is 4.54. The highest BCUT2D eigenvalue weighted by atomic mass is 35.5. The third-order valence-corrected chi connectivity index (χ3v) is 2.31. The summed E-state index contributed by atoms with van der Waals surface area (Å²) in [5.41, 5.74) is -0.0170. The number of halogens is 2. The van der Waals surface area contributed by atoms with Crippen molar-refractivity contribution in [2.45, 2.75) is 0 Å². The molecule has 0 bridgehead atoms. The van der Waals surface area contributed by atoms with Crippen LogP contribution in [0, 0.1) is 4.91 Å². The summed E-state index contributed by atoms with van der Waals surface area (Å²) in [6.07, 6.45) is 0. The van der Waals surface area contributed by atoms with E-state index in [1.807, 2.05) is 0 Å². The highest BCUT2D eigenvalue weighted by Gasteiger charge is 2.20. The molecule has 0 aliphatic carbocycles. The molecular weight excluding hydrogens is 197 g/mol. The summed E-state index contributed by atoms with van der Waals surface area (Å²) in [7, 11) is 0. The Balaban J connectivity index is 3.15. The van der Waals surface area contributed by atoms with E-state index in [4.69, 9.17) is 28.4 Å². The second-order valence-electron chi connectivity index (χ2n) is 1.48. The molecular formula is C4H2Cl2NO2S+. The van der Waals surface area contributed by atoms with Gasteiger partial charge in [0.1, 0.15) is 4.34 Å². The van der Waals surface area contributed by atoms with Crippen LogP contribution in [-0.4, -0.2) is 10.1 Å². The molecule has 1 aromatic heterocycles. The number of thiophene rings is 1. The second-order valence-corrected chi connectivity index (χ2v) is 3.77. The summed E-state index contributed by atoms with van der Waals surface area (Å²) in [5.74, 6) is 0. The third-order valence-electron chi connectivity index (χ3n) is 0.845. The Morgan fingerprint density at radius 2 is 2.20 bits per heavy atom. The Morgan fingerprint density at radius 3 is 2.40 bits per heavy atom. The fraction of sp³-hybridized carbons (Fsp3) is 0. The van der Waals surface area contributed by atoms with E-state index >= 15 is 0 Å². The zero-order chi connectivity index (χ0) is 7.72. The van der Waals surface area contributed by atoms with E-state index in [0.717, 1.165) is 11.3 Å². The van der Waals surface area contributed by atoms with Crippen LogP contribution < -0.4 is 0 Å². The van der Waals surface area contributed by atoms with Gasteiger partial charge in [-0.05, 0) is 0 Å². The predicted octanol–water partition coefficient (Wildman–Crippen LogP) is 2.85. The van der Waals surface area contributed by atoms with Gasteiger partial charge >= 0.3 is 5.69 Å². The lowest BCUT2D eigenvalue weighted by Gasteiger charge is -1.73. The van der Waals surface area contributed by atoms with E-state index in [-0.39, 0.29) is 14.9 Å². The van der Waals surface area contributed by atoms with Crippen LogP contribution in [0.4, 0.5) is 5.69 Å². The van der Waals surface area contributed by atoms with Crippen LogP contribution in [0.3, 0.4) is 0 Å². The third kappa shape index (κ3) is 1.39. The molecule has 6 heteroatoms. The monoisotopic (exact) mass is 198 g/mol. The van der Waals surface area contributed by atoms with Crippen molar-refractivity contribution < 1.29 is 10.1 Å². The summed E-state index contributed by atoms with van der Waals surface area (Å²) in [6, 6.07) is 1.29. The van der Waals surface area contributed by atoms with Gasteiger partial charge in [-0.15, -0.1) is 11.3 Å². The molecule has 0 saturated carbocycles. The maximum Gasteiger partial charge on any atom is 0.347 e. The molecule has 10 heavy (non-hydrogen) atoms. The van der Waals surface area contributed by atoms with Gasteiger partial charge in [0.2, 0.25) is 0 Å². The smallest absolute Gasteiger partial charge is 0.241 e. The van der Waals surface area contributed by atoms with Gasteiger partial charge < -0.3 is 0 Å². The van der Waals surface area contributed by atoms with Crippen molar-refractivity contribution in [3.8, 4) is 0 Å². The Kier molecular flexibility index (Phi) is 2.13. The SMILES string of the molecule is O=[N+](O)c1cc(Cl)sc1Cl. The van der Waals surface area contributed by atoms with E-state index in [2.05, 4.69) is 0 Å². The molecule has 3 nitrogen and oxygen atoms in total. The predicted molar refractivity (Wildman–Crippen MR) is 39.4 cm³/mol. The van der Waals surface area contributed by atoms with Crippen LogP contribution in [0.5, 0.6) is 0 Å². The van der Waals surface area contributed by atoms with Gasteiger partial charge in [0.15, 0.2) is 4.34 Å². The molecule has 0 amide bonds. The topological polar surface area (TPSA) is 40.3 Å². The summed E-state index contributed by atoms with van der Waals surface area (Å²) >= 11 is 12.0. The fourth-order valence-electron chi connectivity index (χ4n) is 0.462. The van der Waals surface area contributed by atoms with Gasteiger partial charge in [-0.3, -0.25) is 0 Å². The van der Waals surface area contributed by atoms with Crippen LogP contribution in [0.15, 0.2) is 6.07 Å². The van der Waals surface area contributed by atoms with Gasteiger partial charge in [0.25, 0.3) is 4.92 Å². The first kappa shape index (κ1) is 7.78. The van der Waals surface area contributed by atoms with Crippen LogP contribution in [0.25, 0.3) is 0 Å². The van der Waals surface area contributed by atoms with E-state index < -0.39 is 0 Å². The van der Waals surface area contributed by atoms with Crippen molar-refractivity contribution in [1.29, 1.82) is 0 Å². The zero-order valence-corrected chi connectivity index (χ0v) is 6.87. The first-order valence-corrected chi connectivity index (χ1v) is 3.79. The van der Waals surface area contributed by atoms with E-state index in [1.54, 1.807) is 0 Å². The molecule has 0 aliphatic heterocycles. The molecule has 1 aromatic rings. The molecule has 54 valence electrons. The van der Waals surface area contributed by atoms with Crippen molar-refractivity contribution in [2.75, 3.05) is 0 Å². The number of hydrogen-bond donors (Lipinski definition) is 1. The minimum atomic E-state index is -0.315. The largest absolute Gasteiger partial charge is 0.347 e. The highest BCUT2D eigenvalue weighted by Crippen LogP contribution is 2.35. The Labute approximate surface area is 70.3 Å². The number of nitrogens with zero attached hydrogens (tertiary/aromatic N) is 1. The van der Waals surface area contributed by atoms with Crippen molar-refractivity contribution in [3.05, 3.63) is 19.6 Å². The van der Waals surface area contributed by atoms with Crippen molar-refractivity contribution in [3.63, 3.8) is 0 Å². The highest BCUT2D eigenvalue weighted by molar-refractivity contribution is 7.20. The molecule has 1 N–H and O–H groups in total. The Hall–Kier alpha value is -0.320. The lowest BCUT2D eigenvalue weighted by atomic mass is 10.6. The molecule has 1 rings (SSSR count). The average Bonchev–Trinajstić information content (AvgIpc) is 2.10. The van der Waals surface area contributed by atoms with Gasteiger partial charge in [-0.1, -0.05) is 23.2 Å². The van der Waals surface area contributed by atoms with Crippen LogP contribution in [-0.2, 0) is 0 Å². The lowest BCUT2D eigenvalue weighted by molar-refractivity contribution is -0.729. The Morgan fingerprint density at radius 1 is 1.60 bits per heavy atom. The lowest BCUT2D eigenvalue weighted by Crippen LogP contribution is -1.88.